The largest absolute Gasteiger partial charge is 0.507 e. The number of phenols is 1. The van der Waals surface area contributed by atoms with Crippen molar-refractivity contribution in [2.75, 3.05) is 4.90 Å². The standard InChI is InChI=1S/C28H27NO5/c1-2-16-14-21-25(27(32)29(26(21)31)17-8-4-3-5-9-17)22-15-24(34-28(16,22)33)20-12-13-23(30)19-11-7-6-10-18(19)20/h3-13,16,21-22,24-25,30,33H,2,14-15H2,1H3/t16-,21-,22-,24-,25-,28+/m0/s1. The van der Waals surface area contributed by atoms with Crippen molar-refractivity contribution in [2.45, 2.75) is 38.1 Å². The number of phenolic OH excluding ortho intramolecular Hbond substituents is 1. The lowest BCUT2D eigenvalue weighted by molar-refractivity contribution is -0.269. The lowest BCUT2D eigenvalue weighted by Crippen LogP contribution is -2.53. The molecular formula is C28H27NO5. The predicted molar refractivity (Wildman–Crippen MR) is 127 cm³/mol. The lowest BCUT2D eigenvalue weighted by Gasteiger charge is -2.44. The number of amides is 2. The normalized spacial score (nSPS) is 32.8. The molecule has 2 aliphatic heterocycles. The summed E-state index contributed by atoms with van der Waals surface area (Å²) >= 11 is 0. The van der Waals surface area contributed by atoms with Gasteiger partial charge in [0.25, 0.3) is 0 Å². The third-order valence-electron chi connectivity index (χ3n) is 8.15. The van der Waals surface area contributed by atoms with E-state index in [1.165, 1.54) is 4.90 Å². The van der Waals surface area contributed by atoms with Crippen LogP contribution in [0.3, 0.4) is 0 Å². The number of carbonyl (C=O) groups excluding carboxylic acids is 2. The van der Waals surface area contributed by atoms with Gasteiger partial charge in [-0.25, -0.2) is 0 Å². The molecule has 3 aromatic carbocycles. The van der Waals surface area contributed by atoms with Crippen LogP contribution in [0.25, 0.3) is 10.8 Å². The third kappa shape index (κ3) is 2.88. The Hall–Kier alpha value is -3.22. The zero-order chi connectivity index (χ0) is 23.6. The number of hydrogen-bond donors (Lipinski definition) is 2. The Morgan fingerprint density at radius 2 is 1.65 bits per heavy atom. The predicted octanol–water partition coefficient (Wildman–Crippen LogP) is 4.55. The van der Waals surface area contributed by atoms with Gasteiger partial charge in [0, 0.05) is 17.2 Å². The number of benzene rings is 3. The number of ether oxygens (including phenoxy) is 1. The van der Waals surface area contributed by atoms with Gasteiger partial charge in [-0.05, 0) is 48.4 Å². The summed E-state index contributed by atoms with van der Waals surface area (Å²) in [6.07, 6.45) is 1.06. The van der Waals surface area contributed by atoms with Gasteiger partial charge < -0.3 is 14.9 Å². The summed E-state index contributed by atoms with van der Waals surface area (Å²) in [5.74, 6) is -3.54. The molecule has 0 spiro atoms. The van der Waals surface area contributed by atoms with Crippen LogP contribution in [0, 0.1) is 23.7 Å². The molecule has 6 rings (SSSR count). The summed E-state index contributed by atoms with van der Waals surface area (Å²) in [6.45, 7) is 1.99. The van der Waals surface area contributed by atoms with E-state index in [1.54, 1.807) is 18.2 Å². The van der Waals surface area contributed by atoms with Gasteiger partial charge >= 0.3 is 0 Å². The minimum absolute atomic E-state index is 0.180. The summed E-state index contributed by atoms with van der Waals surface area (Å²) < 4.78 is 6.41. The first-order chi connectivity index (χ1) is 16.4. The van der Waals surface area contributed by atoms with Crippen molar-refractivity contribution in [1.29, 1.82) is 0 Å². The Kier molecular flexibility index (Phi) is 4.80. The Morgan fingerprint density at radius 3 is 2.38 bits per heavy atom. The third-order valence-corrected chi connectivity index (χ3v) is 8.15. The molecule has 1 aliphatic carbocycles. The second-order valence-electron chi connectivity index (χ2n) is 9.74. The Labute approximate surface area is 197 Å². The summed E-state index contributed by atoms with van der Waals surface area (Å²) in [5.41, 5.74) is 1.45. The topological polar surface area (TPSA) is 87.1 Å². The van der Waals surface area contributed by atoms with Crippen LogP contribution in [0.15, 0.2) is 66.7 Å². The van der Waals surface area contributed by atoms with Crippen molar-refractivity contribution in [3.05, 3.63) is 72.3 Å². The summed E-state index contributed by atoms with van der Waals surface area (Å²) in [7, 11) is 0. The number of anilines is 1. The molecule has 2 amide bonds. The molecule has 34 heavy (non-hydrogen) atoms. The van der Waals surface area contributed by atoms with Crippen LogP contribution in [-0.4, -0.2) is 27.8 Å². The molecule has 6 nitrogen and oxygen atoms in total. The summed E-state index contributed by atoms with van der Waals surface area (Å²) in [5, 5.41) is 23.8. The number of imide groups is 1. The average molecular weight is 458 g/mol. The smallest absolute Gasteiger partial charge is 0.238 e. The first-order valence-corrected chi connectivity index (χ1v) is 12.0. The van der Waals surface area contributed by atoms with Crippen molar-refractivity contribution >= 4 is 28.3 Å². The molecule has 6 atom stereocenters. The highest BCUT2D eigenvalue weighted by Crippen LogP contribution is 2.59. The minimum atomic E-state index is -1.48. The van der Waals surface area contributed by atoms with Gasteiger partial charge in [-0.2, -0.15) is 0 Å². The highest BCUT2D eigenvalue weighted by atomic mass is 16.6. The molecule has 2 heterocycles. The minimum Gasteiger partial charge on any atom is -0.507 e. The Balaban J connectivity index is 1.42. The monoisotopic (exact) mass is 457 g/mol. The fourth-order valence-electron chi connectivity index (χ4n) is 6.56. The number of carbonyl (C=O) groups is 2. The van der Waals surface area contributed by atoms with E-state index in [2.05, 4.69) is 0 Å². The van der Waals surface area contributed by atoms with Crippen LogP contribution in [0.1, 0.15) is 37.9 Å². The van der Waals surface area contributed by atoms with Crippen LogP contribution in [0.4, 0.5) is 5.69 Å². The van der Waals surface area contributed by atoms with Crippen molar-refractivity contribution in [2.24, 2.45) is 23.7 Å². The van der Waals surface area contributed by atoms with Crippen molar-refractivity contribution in [1.82, 2.24) is 0 Å². The van der Waals surface area contributed by atoms with E-state index in [0.29, 0.717) is 24.9 Å². The highest BCUT2D eigenvalue weighted by molar-refractivity contribution is 6.22. The van der Waals surface area contributed by atoms with E-state index in [9.17, 15) is 19.8 Å². The van der Waals surface area contributed by atoms with Crippen molar-refractivity contribution < 1.29 is 24.5 Å². The van der Waals surface area contributed by atoms with Crippen LogP contribution in [0.2, 0.25) is 0 Å². The number of fused-ring (bicyclic) bond motifs is 4. The zero-order valence-electron chi connectivity index (χ0n) is 18.9. The number of para-hydroxylation sites is 1. The molecule has 3 fully saturated rings. The Bertz CT molecular complexity index is 1290. The maximum Gasteiger partial charge on any atom is 0.238 e. The van der Waals surface area contributed by atoms with Crippen LogP contribution >= 0.6 is 0 Å². The van der Waals surface area contributed by atoms with Crippen LogP contribution < -0.4 is 4.90 Å². The van der Waals surface area contributed by atoms with Crippen molar-refractivity contribution in [3.63, 3.8) is 0 Å². The van der Waals surface area contributed by atoms with E-state index in [-0.39, 0.29) is 23.5 Å². The zero-order valence-corrected chi connectivity index (χ0v) is 18.9. The number of hydrogen-bond acceptors (Lipinski definition) is 5. The molecule has 1 saturated carbocycles. The number of rotatable bonds is 3. The van der Waals surface area contributed by atoms with Crippen LogP contribution in [-0.2, 0) is 14.3 Å². The molecule has 2 N–H and O–H groups in total. The summed E-state index contributed by atoms with van der Waals surface area (Å²) in [6, 6.07) is 20.1. The molecule has 0 radical (unpaired) electrons. The quantitative estimate of drug-likeness (QED) is 0.564. The van der Waals surface area contributed by atoms with Crippen molar-refractivity contribution in [3.8, 4) is 5.75 Å². The highest BCUT2D eigenvalue weighted by Gasteiger charge is 2.66. The van der Waals surface area contributed by atoms with Gasteiger partial charge in [-0.3, -0.25) is 14.5 Å². The molecule has 6 heteroatoms. The molecule has 2 saturated heterocycles. The maximum atomic E-state index is 13.6. The fraction of sp³-hybridized carbons (Fsp3) is 0.357. The van der Waals surface area contributed by atoms with E-state index in [4.69, 9.17) is 4.74 Å². The first kappa shape index (κ1) is 21.3. The van der Waals surface area contributed by atoms with Gasteiger partial charge in [0.2, 0.25) is 11.8 Å². The van der Waals surface area contributed by atoms with E-state index in [1.807, 2.05) is 55.5 Å². The molecule has 0 unspecified atom stereocenters. The number of aliphatic hydroxyl groups is 1. The first-order valence-electron chi connectivity index (χ1n) is 12.0. The molecular weight excluding hydrogens is 430 g/mol. The fourth-order valence-corrected chi connectivity index (χ4v) is 6.56. The van der Waals surface area contributed by atoms with Gasteiger partial charge in [0.05, 0.1) is 23.6 Å². The molecule has 3 aliphatic rings. The Morgan fingerprint density at radius 1 is 0.941 bits per heavy atom. The molecule has 0 aromatic heterocycles. The lowest BCUT2D eigenvalue weighted by atomic mass is 9.64. The molecule has 0 bridgehead atoms. The van der Waals surface area contributed by atoms with Crippen LogP contribution in [0.5, 0.6) is 5.75 Å². The average Bonchev–Trinajstić information content (AvgIpc) is 3.33. The second-order valence-corrected chi connectivity index (χ2v) is 9.74. The number of aromatic hydroxyl groups is 1. The van der Waals surface area contributed by atoms with Gasteiger partial charge in [-0.1, -0.05) is 55.5 Å². The van der Waals surface area contributed by atoms with E-state index >= 15 is 0 Å². The van der Waals surface area contributed by atoms with E-state index in [0.717, 1.165) is 16.3 Å². The van der Waals surface area contributed by atoms with Gasteiger partial charge in [-0.15, -0.1) is 0 Å². The second kappa shape index (κ2) is 7.65. The molecule has 3 aromatic rings. The number of nitrogens with zero attached hydrogens (tertiary/aromatic N) is 1. The SMILES string of the molecule is CC[C@H]1C[C@@H]2C(=O)N(c3ccccc3)C(=O)[C@@H]2[C@@H]2C[C@@H](c3ccc(O)c4ccccc34)O[C@]12O. The molecule has 174 valence electrons. The van der Waals surface area contributed by atoms with E-state index < -0.39 is 29.6 Å². The van der Waals surface area contributed by atoms with Gasteiger partial charge in [0.1, 0.15) is 5.75 Å². The van der Waals surface area contributed by atoms with Gasteiger partial charge in [0.15, 0.2) is 5.79 Å². The maximum absolute atomic E-state index is 13.6. The summed E-state index contributed by atoms with van der Waals surface area (Å²) in [4.78, 5) is 28.4.